The van der Waals surface area contributed by atoms with Crippen molar-refractivity contribution in [3.63, 3.8) is 0 Å². The average molecular weight is 342 g/mol. The summed E-state index contributed by atoms with van der Waals surface area (Å²) in [6, 6.07) is 7.49. The van der Waals surface area contributed by atoms with Crippen LogP contribution in [0.5, 0.6) is 0 Å². The van der Waals surface area contributed by atoms with Crippen LogP contribution in [0.15, 0.2) is 24.3 Å². The summed E-state index contributed by atoms with van der Waals surface area (Å²) >= 11 is 1.56. The highest BCUT2D eigenvalue weighted by Crippen LogP contribution is 2.37. The van der Waals surface area contributed by atoms with Gasteiger partial charge >= 0.3 is 0 Å². The third-order valence-electron chi connectivity index (χ3n) is 4.49. The fraction of sp³-hybridized carbons (Fsp3) is 0.368. The first-order chi connectivity index (χ1) is 11.6. The molecule has 24 heavy (non-hydrogen) atoms. The third-order valence-corrected chi connectivity index (χ3v) is 5.70. The lowest BCUT2D eigenvalue weighted by molar-refractivity contribution is 0.0963. The van der Waals surface area contributed by atoms with E-state index in [1.54, 1.807) is 18.4 Å². The van der Waals surface area contributed by atoms with Gasteiger partial charge in [-0.2, -0.15) is 0 Å². The minimum absolute atomic E-state index is 0.116. The van der Waals surface area contributed by atoms with Crippen LogP contribution in [0.1, 0.15) is 56.0 Å². The minimum Gasteiger partial charge on any atom is -0.355 e. The number of thiophene rings is 1. The maximum absolute atomic E-state index is 12.6. The van der Waals surface area contributed by atoms with E-state index in [0.29, 0.717) is 16.1 Å². The maximum Gasteiger partial charge on any atom is 0.256 e. The molecule has 1 aliphatic rings. The molecule has 0 unspecified atom stereocenters. The molecule has 2 amide bonds. The monoisotopic (exact) mass is 342 g/mol. The summed E-state index contributed by atoms with van der Waals surface area (Å²) in [6.07, 6.45) is 5.34. The Kier molecular flexibility index (Phi) is 5.00. The zero-order valence-corrected chi connectivity index (χ0v) is 14.9. The first kappa shape index (κ1) is 16.7. The van der Waals surface area contributed by atoms with Crippen LogP contribution >= 0.6 is 11.3 Å². The van der Waals surface area contributed by atoms with E-state index in [1.165, 1.54) is 11.3 Å². The van der Waals surface area contributed by atoms with Crippen molar-refractivity contribution in [2.45, 2.75) is 39.0 Å². The zero-order chi connectivity index (χ0) is 17.1. The number of anilines is 1. The van der Waals surface area contributed by atoms with Crippen molar-refractivity contribution >= 4 is 28.2 Å². The fourth-order valence-corrected chi connectivity index (χ4v) is 4.48. The Morgan fingerprint density at radius 3 is 2.54 bits per heavy atom. The molecule has 1 aromatic heterocycles. The molecule has 126 valence electrons. The summed E-state index contributed by atoms with van der Waals surface area (Å²) in [7, 11) is 1.63. The second-order valence-electron chi connectivity index (χ2n) is 6.12. The van der Waals surface area contributed by atoms with Gasteiger partial charge < -0.3 is 10.6 Å². The first-order valence-corrected chi connectivity index (χ1v) is 9.17. The molecule has 0 saturated heterocycles. The number of benzene rings is 1. The fourth-order valence-electron chi connectivity index (χ4n) is 3.19. The molecule has 1 aliphatic carbocycles. The maximum atomic E-state index is 12.6. The normalized spacial score (nSPS) is 13.8. The molecular weight excluding hydrogens is 320 g/mol. The first-order valence-electron chi connectivity index (χ1n) is 8.35. The van der Waals surface area contributed by atoms with Crippen LogP contribution in [0.3, 0.4) is 0 Å². The SMILES string of the molecule is CNC(=O)c1c(NC(=O)c2ccccc2C)sc2c1CCCCC2. The lowest BCUT2D eigenvalue weighted by atomic mass is 10.0. The molecule has 0 bridgehead atoms. The lowest BCUT2D eigenvalue weighted by Gasteiger charge is -2.09. The van der Waals surface area contributed by atoms with Crippen LogP contribution in [0.4, 0.5) is 5.00 Å². The zero-order valence-electron chi connectivity index (χ0n) is 14.1. The molecule has 2 aromatic rings. The van der Waals surface area contributed by atoms with Crippen LogP contribution < -0.4 is 10.6 Å². The number of hydrogen-bond acceptors (Lipinski definition) is 3. The Hall–Kier alpha value is -2.14. The second-order valence-corrected chi connectivity index (χ2v) is 7.22. The number of aryl methyl sites for hydroxylation is 2. The Morgan fingerprint density at radius 2 is 1.79 bits per heavy atom. The minimum atomic E-state index is -0.158. The van der Waals surface area contributed by atoms with Gasteiger partial charge in [0.1, 0.15) is 5.00 Å². The van der Waals surface area contributed by atoms with Gasteiger partial charge in [0.25, 0.3) is 11.8 Å². The molecule has 0 spiro atoms. The van der Waals surface area contributed by atoms with Crippen molar-refractivity contribution in [3.8, 4) is 0 Å². The van der Waals surface area contributed by atoms with E-state index < -0.39 is 0 Å². The van der Waals surface area contributed by atoms with Crippen molar-refractivity contribution < 1.29 is 9.59 Å². The van der Waals surface area contributed by atoms with Crippen molar-refractivity contribution in [2.75, 3.05) is 12.4 Å². The number of nitrogens with one attached hydrogen (secondary N) is 2. The molecule has 2 N–H and O–H groups in total. The van der Waals surface area contributed by atoms with Gasteiger partial charge in [-0.3, -0.25) is 9.59 Å². The van der Waals surface area contributed by atoms with E-state index >= 15 is 0 Å². The summed E-state index contributed by atoms with van der Waals surface area (Å²) in [6.45, 7) is 1.91. The number of hydrogen-bond donors (Lipinski definition) is 2. The van der Waals surface area contributed by atoms with Crippen molar-refractivity contribution in [1.29, 1.82) is 0 Å². The van der Waals surface area contributed by atoms with Crippen LogP contribution in [0, 0.1) is 6.92 Å². The topological polar surface area (TPSA) is 58.2 Å². The highest BCUT2D eigenvalue weighted by atomic mass is 32.1. The second kappa shape index (κ2) is 7.18. The van der Waals surface area contributed by atoms with Crippen LogP contribution in [-0.4, -0.2) is 18.9 Å². The molecule has 1 heterocycles. The Labute approximate surface area is 146 Å². The Morgan fingerprint density at radius 1 is 1.04 bits per heavy atom. The van der Waals surface area contributed by atoms with Crippen molar-refractivity contribution in [1.82, 2.24) is 5.32 Å². The molecule has 3 rings (SSSR count). The Bertz CT molecular complexity index is 780. The largest absolute Gasteiger partial charge is 0.355 e. The van der Waals surface area contributed by atoms with Gasteiger partial charge in [-0.1, -0.05) is 24.6 Å². The summed E-state index contributed by atoms with van der Waals surface area (Å²) < 4.78 is 0. The molecular formula is C19H22N2O2S. The van der Waals surface area contributed by atoms with Gasteiger partial charge in [0.2, 0.25) is 0 Å². The standard InChI is InChI=1S/C19H22N2O2S/c1-12-8-6-7-9-13(12)17(22)21-19-16(18(23)20-2)14-10-4-3-5-11-15(14)24-19/h6-9H,3-5,10-11H2,1-2H3,(H,20,23)(H,21,22). The molecule has 0 radical (unpaired) electrons. The third kappa shape index (κ3) is 3.22. The number of carbonyl (C=O) groups excluding carboxylic acids is 2. The molecule has 0 atom stereocenters. The van der Waals surface area contributed by atoms with Crippen molar-refractivity contribution in [3.05, 3.63) is 51.4 Å². The number of amides is 2. The highest BCUT2D eigenvalue weighted by Gasteiger charge is 2.25. The smallest absolute Gasteiger partial charge is 0.256 e. The predicted octanol–water partition coefficient (Wildman–Crippen LogP) is 3.94. The quantitative estimate of drug-likeness (QED) is 0.830. The molecule has 1 aromatic carbocycles. The molecule has 4 nitrogen and oxygen atoms in total. The predicted molar refractivity (Wildman–Crippen MR) is 98.1 cm³/mol. The summed E-state index contributed by atoms with van der Waals surface area (Å²) in [5.41, 5.74) is 3.34. The van der Waals surface area contributed by atoms with Crippen LogP contribution in [0.2, 0.25) is 0 Å². The van der Waals surface area contributed by atoms with E-state index in [-0.39, 0.29) is 11.8 Å². The highest BCUT2D eigenvalue weighted by molar-refractivity contribution is 7.17. The number of carbonyl (C=O) groups is 2. The molecule has 0 saturated carbocycles. The van der Waals surface area contributed by atoms with Gasteiger partial charge in [0.05, 0.1) is 5.56 Å². The Balaban J connectivity index is 1.97. The molecule has 0 fully saturated rings. The van der Waals surface area contributed by atoms with Gasteiger partial charge in [0.15, 0.2) is 0 Å². The summed E-state index contributed by atoms with van der Waals surface area (Å²) in [4.78, 5) is 26.3. The van der Waals surface area contributed by atoms with Crippen molar-refractivity contribution in [2.24, 2.45) is 0 Å². The number of rotatable bonds is 3. The van der Waals surface area contributed by atoms with E-state index in [0.717, 1.165) is 36.8 Å². The van der Waals surface area contributed by atoms with Gasteiger partial charge in [0, 0.05) is 17.5 Å². The van der Waals surface area contributed by atoms with Crippen LogP contribution in [-0.2, 0) is 12.8 Å². The molecule has 5 heteroatoms. The number of fused-ring (bicyclic) bond motifs is 1. The summed E-state index contributed by atoms with van der Waals surface area (Å²) in [5.74, 6) is -0.274. The summed E-state index contributed by atoms with van der Waals surface area (Å²) in [5, 5.41) is 6.37. The van der Waals surface area contributed by atoms with E-state index in [2.05, 4.69) is 10.6 Å². The van der Waals surface area contributed by atoms with E-state index in [9.17, 15) is 9.59 Å². The van der Waals surface area contributed by atoms with Gasteiger partial charge in [-0.15, -0.1) is 11.3 Å². The van der Waals surface area contributed by atoms with Gasteiger partial charge in [-0.25, -0.2) is 0 Å². The average Bonchev–Trinajstić information content (AvgIpc) is 2.75. The van der Waals surface area contributed by atoms with E-state index in [4.69, 9.17) is 0 Å². The van der Waals surface area contributed by atoms with Crippen LogP contribution in [0.25, 0.3) is 0 Å². The lowest BCUT2D eigenvalue weighted by Crippen LogP contribution is -2.22. The molecule has 0 aliphatic heterocycles. The van der Waals surface area contributed by atoms with E-state index in [1.807, 2.05) is 31.2 Å². The van der Waals surface area contributed by atoms with Gasteiger partial charge in [-0.05, 0) is 49.8 Å².